The van der Waals surface area contributed by atoms with Gasteiger partial charge in [0.2, 0.25) is 0 Å². The van der Waals surface area contributed by atoms with E-state index in [0.717, 1.165) is 67.0 Å². The second kappa shape index (κ2) is 11.3. The first-order valence-corrected chi connectivity index (χ1v) is 12.6. The van der Waals surface area contributed by atoms with E-state index in [1.54, 1.807) is 18.8 Å². The summed E-state index contributed by atoms with van der Waals surface area (Å²) in [4.78, 5) is 15.7. The number of piperidine rings is 1. The fourth-order valence-electron chi connectivity index (χ4n) is 5.08. The number of para-hydroxylation sites is 2. The molecule has 0 unspecified atom stereocenters. The van der Waals surface area contributed by atoms with E-state index in [2.05, 4.69) is 25.7 Å². The van der Waals surface area contributed by atoms with Crippen molar-refractivity contribution < 1.29 is 14.2 Å². The van der Waals surface area contributed by atoms with Crippen LogP contribution in [0.3, 0.4) is 0 Å². The first-order valence-electron chi connectivity index (χ1n) is 12.6. The highest BCUT2D eigenvalue weighted by Crippen LogP contribution is 2.29. The van der Waals surface area contributed by atoms with Gasteiger partial charge in [-0.05, 0) is 55.9 Å². The van der Waals surface area contributed by atoms with Gasteiger partial charge >= 0.3 is 5.69 Å². The van der Waals surface area contributed by atoms with Crippen molar-refractivity contribution >= 4 is 11.0 Å². The van der Waals surface area contributed by atoms with Crippen molar-refractivity contribution in [3.63, 3.8) is 0 Å². The minimum Gasteiger partial charge on any atom is -0.497 e. The molecule has 1 atom stereocenters. The number of methoxy groups -OCH3 is 2. The predicted molar refractivity (Wildman–Crippen MR) is 140 cm³/mol. The molecule has 35 heavy (non-hydrogen) atoms. The summed E-state index contributed by atoms with van der Waals surface area (Å²) in [6, 6.07) is 14.2. The number of rotatable bonds is 10. The summed E-state index contributed by atoms with van der Waals surface area (Å²) in [6.45, 7) is 9.72. The van der Waals surface area contributed by atoms with Crippen LogP contribution in [-0.2, 0) is 11.5 Å². The molecule has 7 nitrogen and oxygen atoms in total. The Kier molecular flexibility index (Phi) is 8.19. The monoisotopic (exact) mass is 481 g/mol. The molecule has 0 radical (unpaired) electrons. The predicted octanol–water partition coefficient (Wildman–Crippen LogP) is 4.85. The Morgan fingerprint density at radius 1 is 1.03 bits per heavy atom. The molecule has 190 valence electrons. The van der Waals surface area contributed by atoms with Gasteiger partial charge in [-0.3, -0.25) is 9.13 Å². The van der Waals surface area contributed by atoms with Crippen LogP contribution < -0.4 is 15.2 Å². The molecule has 0 N–H and O–H groups in total. The largest absolute Gasteiger partial charge is 0.497 e. The molecule has 0 amide bonds. The van der Waals surface area contributed by atoms with Crippen LogP contribution in [0.5, 0.6) is 11.5 Å². The molecule has 0 bridgehead atoms. The quantitative estimate of drug-likeness (QED) is 0.414. The number of hydrogen-bond acceptors (Lipinski definition) is 5. The number of aromatic nitrogens is 2. The molecular weight excluding hydrogens is 442 g/mol. The minimum atomic E-state index is 0.0217. The number of ether oxygens (including phenoxy) is 3. The third-order valence-corrected chi connectivity index (χ3v) is 7.20. The molecule has 1 fully saturated rings. The Labute approximate surface area is 208 Å². The molecule has 1 aliphatic rings. The molecule has 0 saturated carbocycles. The highest BCUT2D eigenvalue weighted by Gasteiger charge is 2.26. The standard InChI is InChI=1S/C28H39N3O4/c1-20(2)26(35-27-18-23(34-5)11-10-21(27)3)14-17-29-15-12-22(13-16-29)31-25-9-7-6-8-24(25)30(19-33-4)28(31)32/h6-11,18,20,22,26H,12-17,19H2,1-5H3/t26-/m1/s1. The summed E-state index contributed by atoms with van der Waals surface area (Å²) < 4.78 is 20.8. The maximum absolute atomic E-state index is 13.2. The van der Waals surface area contributed by atoms with Crippen LogP contribution in [0, 0.1) is 12.8 Å². The second-order valence-corrected chi connectivity index (χ2v) is 9.88. The first-order chi connectivity index (χ1) is 16.9. The van der Waals surface area contributed by atoms with Crippen LogP contribution in [0.25, 0.3) is 11.0 Å². The number of fused-ring (bicyclic) bond motifs is 1. The fraction of sp³-hybridized carbons (Fsp3) is 0.536. The van der Waals surface area contributed by atoms with Crippen molar-refractivity contribution in [3.8, 4) is 11.5 Å². The summed E-state index contributed by atoms with van der Waals surface area (Å²) in [5.41, 5.74) is 3.07. The van der Waals surface area contributed by atoms with Gasteiger partial charge in [0.15, 0.2) is 0 Å². The summed E-state index contributed by atoms with van der Waals surface area (Å²) >= 11 is 0. The smallest absolute Gasteiger partial charge is 0.331 e. The van der Waals surface area contributed by atoms with Crippen molar-refractivity contribution in [2.45, 2.75) is 58.9 Å². The molecule has 4 rings (SSSR count). The molecule has 7 heteroatoms. The zero-order valence-electron chi connectivity index (χ0n) is 21.7. The Morgan fingerprint density at radius 3 is 2.40 bits per heavy atom. The van der Waals surface area contributed by atoms with Gasteiger partial charge in [-0.15, -0.1) is 0 Å². The average molecular weight is 482 g/mol. The van der Waals surface area contributed by atoms with E-state index >= 15 is 0 Å². The van der Waals surface area contributed by atoms with Crippen LogP contribution in [-0.4, -0.2) is 54.0 Å². The number of benzene rings is 2. The molecule has 2 heterocycles. The van der Waals surface area contributed by atoms with E-state index in [-0.39, 0.29) is 24.6 Å². The number of imidazole rings is 1. The lowest BCUT2D eigenvalue weighted by molar-refractivity contribution is 0.108. The van der Waals surface area contributed by atoms with E-state index in [9.17, 15) is 4.79 Å². The number of nitrogens with zero attached hydrogens (tertiary/aromatic N) is 3. The van der Waals surface area contributed by atoms with E-state index in [4.69, 9.17) is 14.2 Å². The highest BCUT2D eigenvalue weighted by atomic mass is 16.5. The molecule has 1 saturated heterocycles. The first kappa shape index (κ1) is 25.3. The third-order valence-electron chi connectivity index (χ3n) is 7.20. The molecule has 1 aliphatic heterocycles. The van der Waals surface area contributed by atoms with Gasteiger partial charge in [0.25, 0.3) is 0 Å². The molecular formula is C28H39N3O4. The summed E-state index contributed by atoms with van der Waals surface area (Å²) in [7, 11) is 3.31. The number of hydrogen-bond donors (Lipinski definition) is 0. The van der Waals surface area contributed by atoms with Gasteiger partial charge in [0.05, 0.1) is 18.1 Å². The number of likely N-dealkylation sites (tertiary alicyclic amines) is 1. The Hall–Kier alpha value is -2.77. The summed E-state index contributed by atoms with van der Waals surface area (Å²) in [6.07, 6.45) is 3.02. The molecule has 3 aromatic rings. The highest BCUT2D eigenvalue weighted by molar-refractivity contribution is 5.76. The van der Waals surface area contributed by atoms with Crippen LogP contribution in [0.15, 0.2) is 47.3 Å². The average Bonchev–Trinajstić information content (AvgIpc) is 3.14. The fourth-order valence-corrected chi connectivity index (χ4v) is 5.08. The van der Waals surface area contributed by atoms with Gasteiger partial charge in [0, 0.05) is 38.9 Å². The van der Waals surface area contributed by atoms with Gasteiger partial charge < -0.3 is 19.1 Å². The van der Waals surface area contributed by atoms with Gasteiger partial charge in [0.1, 0.15) is 24.3 Å². The SMILES string of the molecule is COCn1c(=O)n(C2CCN(CC[C@@H](Oc3cc(OC)ccc3C)C(C)C)CC2)c2ccccc21. The van der Waals surface area contributed by atoms with E-state index in [0.29, 0.717) is 5.92 Å². The zero-order chi connectivity index (χ0) is 24.9. The van der Waals surface area contributed by atoms with E-state index in [1.165, 1.54) is 0 Å². The molecule has 0 aliphatic carbocycles. The maximum Gasteiger partial charge on any atom is 0.331 e. The molecule has 0 spiro atoms. The van der Waals surface area contributed by atoms with Crippen LogP contribution in [0.1, 0.15) is 44.7 Å². The topological polar surface area (TPSA) is 57.9 Å². The molecule has 1 aromatic heterocycles. The Morgan fingerprint density at radius 2 is 1.74 bits per heavy atom. The van der Waals surface area contributed by atoms with Gasteiger partial charge in [-0.1, -0.05) is 32.0 Å². The Bertz CT molecular complexity index is 1170. The van der Waals surface area contributed by atoms with Crippen molar-refractivity contribution in [3.05, 3.63) is 58.5 Å². The minimum absolute atomic E-state index is 0.0217. The lowest BCUT2D eigenvalue weighted by Gasteiger charge is -2.34. The van der Waals surface area contributed by atoms with Gasteiger partial charge in [-0.25, -0.2) is 4.79 Å². The second-order valence-electron chi connectivity index (χ2n) is 9.88. The van der Waals surface area contributed by atoms with Crippen LogP contribution in [0.2, 0.25) is 0 Å². The van der Waals surface area contributed by atoms with Gasteiger partial charge in [-0.2, -0.15) is 0 Å². The third kappa shape index (κ3) is 5.57. The van der Waals surface area contributed by atoms with Crippen LogP contribution >= 0.6 is 0 Å². The van der Waals surface area contributed by atoms with Crippen molar-refractivity contribution in [2.75, 3.05) is 33.9 Å². The van der Waals surface area contributed by atoms with E-state index in [1.807, 2.05) is 47.0 Å². The lowest BCUT2D eigenvalue weighted by atomic mass is 10.0. The lowest BCUT2D eigenvalue weighted by Crippen LogP contribution is -2.40. The molecule has 2 aromatic carbocycles. The maximum atomic E-state index is 13.2. The van der Waals surface area contributed by atoms with E-state index < -0.39 is 0 Å². The summed E-state index contributed by atoms with van der Waals surface area (Å²) in [5, 5.41) is 0. The summed E-state index contributed by atoms with van der Waals surface area (Å²) in [5.74, 6) is 2.12. The van der Waals surface area contributed by atoms with Crippen molar-refractivity contribution in [2.24, 2.45) is 5.92 Å². The van der Waals surface area contributed by atoms with Crippen LogP contribution in [0.4, 0.5) is 0 Å². The normalized spacial score (nSPS) is 16.2. The van der Waals surface area contributed by atoms with Crippen molar-refractivity contribution in [1.29, 1.82) is 0 Å². The number of aryl methyl sites for hydroxylation is 1. The zero-order valence-corrected chi connectivity index (χ0v) is 21.7. The Balaban J connectivity index is 1.39. The van der Waals surface area contributed by atoms with Crippen molar-refractivity contribution in [1.82, 2.24) is 14.0 Å².